The van der Waals surface area contributed by atoms with Gasteiger partial charge < -0.3 is 4.72 Å². The Labute approximate surface area is 113 Å². The Morgan fingerprint density at radius 1 is 1.35 bits per heavy atom. The Morgan fingerprint density at radius 2 is 2.00 bits per heavy atom. The summed E-state index contributed by atoms with van der Waals surface area (Å²) in [4.78, 5) is 0. The lowest BCUT2D eigenvalue weighted by Gasteiger charge is -2.22. The minimum Gasteiger partial charge on any atom is -0.332 e. The van der Waals surface area contributed by atoms with Crippen molar-refractivity contribution in [3.05, 3.63) is 36.1 Å². The fourth-order valence-electron chi connectivity index (χ4n) is 1.49. The van der Waals surface area contributed by atoms with Crippen molar-refractivity contribution in [2.45, 2.75) is 53.4 Å². The summed E-state index contributed by atoms with van der Waals surface area (Å²) in [5.74, 6) is 0. The topological polar surface area (TPSA) is 12.0 Å². The van der Waals surface area contributed by atoms with Gasteiger partial charge in [0, 0.05) is 5.70 Å². The van der Waals surface area contributed by atoms with Crippen molar-refractivity contribution >= 4 is 12.8 Å². The molecular formula is C15H27NS. The van der Waals surface area contributed by atoms with Crippen molar-refractivity contribution in [3.8, 4) is 0 Å². The molecule has 0 bridgehead atoms. The Bertz CT molecular complexity index is 287. The largest absolute Gasteiger partial charge is 0.332 e. The molecule has 0 aliphatic carbocycles. The van der Waals surface area contributed by atoms with Gasteiger partial charge in [-0.1, -0.05) is 58.2 Å². The van der Waals surface area contributed by atoms with Crippen LogP contribution in [0, 0.1) is 5.41 Å². The zero-order valence-electron chi connectivity index (χ0n) is 11.7. The van der Waals surface area contributed by atoms with Gasteiger partial charge in [0.2, 0.25) is 0 Å². The first-order chi connectivity index (χ1) is 7.95. The van der Waals surface area contributed by atoms with Crippen LogP contribution in [-0.4, -0.2) is 0 Å². The third-order valence-electron chi connectivity index (χ3n) is 3.28. The molecule has 98 valence electrons. The summed E-state index contributed by atoms with van der Waals surface area (Å²) in [6, 6.07) is 0. The molecule has 17 heavy (non-hydrogen) atoms. The minimum atomic E-state index is 0.481. The van der Waals surface area contributed by atoms with Crippen LogP contribution in [0.3, 0.4) is 0 Å². The Hall–Kier alpha value is -0.630. The maximum Gasteiger partial charge on any atom is 0.0431 e. The Morgan fingerprint density at radius 3 is 2.47 bits per heavy atom. The molecular weight excluding hydrogens is 226 g/mol. The lowest BCUT2D eigenvalue weighted by molar-refractivity contribution is 0.313. The lowest BCUT2D eigenvalue weighted by Crippen LogP contribution is -2.08. The van der Waals surface area contributed by atoms with Crippen LogP contribution in [0.5, 0.6) is 0 Å². The van der Waals surface area contributed by atoms with E-state index in [1.807, 2.05) is 6.08 Å². The maximum atomic E-state index is 4.00. The number of nitrogens with one attached hydrogen (secondary N) is 1. The molecule has 0 amide bonds. The molecule has 0 aliphatic rings. The second kappa shape index (κ2) is 8.46. The van der Waals surface area contributed by atoms with Crippen molar-refractivity contribution < 1.29 is 0 Å². The van der Waals surface area contributed by atoms with Crippen molar-refractivity contribution in [2.75, 3.05) is 0 Å². The second-order valence-electron chi connectivity index (χ2n) is 5.32. The van der Waals surface area contributed by atoms with Gasteiger partial charge in [0.15, 0.2) is 0 Å². The molecule has 2 heteroatoms. The molecule has 0 fully saturated rings. The molecule has 0 aromatic carbocycles. The molecule has 1 N–H and O–H groups in total. The average molecular weight is 253 g/mol. The zero-order chi connectivity index (χ0) is 13.3. The highest BCUT2D eigenvalue weighted by Crippen LogP contribution is 2.27. The van der Waals surface area contributed by atoms with Crippen LogP contribution in [0.15, 0.2) is 36.1 Å². The van der Waals surface area contributed by atoms with E-state index in [1.54, 1.807) is 6.08 Å². The van der Waals surface area contributed by atoms with E-state index in [9.17, 15) is 0 Å². The van der Waals surface area contributed by atoms with E-state index in [0.29, 0.717) is 5.41 Å². The van der Waals surface area contributed by atoms with Gasteiger partial charge >= 0.3 is 0 Å². The standard InChI is InChI=1S/C15H27NS/c1-6-14(16-17)11-10-13(3)9-8-12-15(4,5)7-2/h6,10-11,16-17H,1,7-9,12H2,2-5H3/b13-10+,14-11+. The number of rotatable bonds is 8. The third-order valence-corrected chi connectivity index (χ3v) is 3.54. The fraction of sp³-hybridized carbons (Fsp3) is 0.600. The zero-order valence-corrected chi connectivity index (χ0v) is 12.6. The molecule has 0 aliphatic heterocycles. The predicted octanol–water partition coefficient (Wildman–Crippen LogP) is 5.04. The molecule has 0 saturated carbocycles. The Kier molecular flexibility index (Phi) is 8.15. The number of hydrogen-bond donors (Lipinski definition) is 2. The summed E-state index contributed by atoms with van der Waals surface area (Å²) in [6.45, 7) is 12.8. The molecule has 0 rings (SSSR count). The molecule has 0 spiro atoms. The van der Waals surface area contributed by atoms with Gasteiger partial charge in [-0.05, 0) is 43.8 Å². The van der Waals surface area contributed by atoms with Gasteiger partial charge in [0.1, 0.15) is 0 Å². The van der Waals surface area contributed by atoms with Gasteiger partial charge in [0.05, 0.1) is 0 Å². The molecule has 0 aromatic heterocycles. The van der Waals surface area contributed by atoms with Crippen LogP contribution < -0.4 is 4.72 Å². The average Bonchev–Trinajstić information content (AvgIpc) is 2.30. The monoisotopic (exact) mass is 253 g/mol. The number of allylic oxidation sites excluding steroid dienone is 4. The van der Waals surface area contributed by atoms with Crippen LogP contribution in [-0.2, 0) is 0 Å². The quantitative estimate of drug-likeness (QED) is 0.456. The van der Waals surface area contributed by atoms with Gasteiger partial charge in [-0.2, -0.15) is 0 Å². The van der Waals surface area contributed by atoms with E-state index in [-0.39, 0.29) is 0 Å². The summed E-state index contributed by atoms with van der Waals surface area (Å²) in [7, 11) is 0. The fourth-order valence-corrected chi connectivity index (χ4v) is 1.65. The highest BCUT2D eigenvalue weighted by atomic mass is 32.1. The number of hydrogen-bond acceptors (Lipinski definition) is 2. The first-order valence-corrected chi connectivity index (χ1v) is 6.80. The Balaban J connectivity index is 4.10. The maximum absolute atomic E-state index is 4.00. The molecule has 0 saturated heterocycles. The van der Waals surface area contributed by atoms with Crippen molar-refractivity contribution in [2.24, 2.45) is 5.41 Å². The van der Waals surface area contributed by atoms with Crippen molar-refractivity contribution in [1.82, 2.24) is 4.72 Å². The molecule has 0 radical (unpaired) electrons. The number of thiol groups is 1. The highest BCUT2D eigenvalue weighted by Gasteiger charge is 2.13. The van der Waals surface area contributed by atoms with Crippen LogP contribution in [0.1, 0.15) is 53.4 Å². The van der Waals surface area contributed by atoms with Gasteiger partial charge in [-0.15, -0.1) is 0 Å². The first-order valence-electron chi connectivity index (χ1n) is 6.35. The van der Waals surface area contributed by atoms with Crippen LogP contribution in [0.4, 0.5) is 0 Å². The van der Waals surface area contributed by atoms with E-state index in [2.05, 4.69) is 57.9 Å². The van der Waals surface area contributed by atoms with E-state index in [0.717, 1.165) is 12.1 Å². The summed E-state index contributed by atoms with van der Waals surface area (Å²) < 4.78 is 2.79. The summed E-state index contributed by atoms with van der Waals surface area (Å²) >= 11 is 4.00. The van der Waals surface area contributed by atoms with Crippen molar-refractivity contribution in [1.29, 1.82) is 0 Å². The summed E-state index contributed by atoms with van der Waals surface area (Å²) in [5, 5.41) is 0. The molecule has 0 atom stereocenters. The molecule has 0 aromatic rings. The van der Waals surface area contributed by atoms with Crippen LogP contribution >= 0.6 is 12.8 Å². The molecule has 0 heterocycles. The third kappa shape index (κ3) is 8.14. The van der Waals surface area contributed by atoms with E-state index in [1.165, 1.54) is 24.8 Å². The van der Waals surface area contributed by atoms with Crippen LogP contribution in [0.2, 0.25) is 0 Å². The van der Waals surface area contributed by atoms with Gasteiger partial charge in [-0.25, -0.2) is 0 Å². The summed E-state index contributed by atoms with van der Waals surface area (Å²) in [6.07, 6.45) is 10.9. The highest BCUT2D eigenvalue weighted by molar-refractivity contribution is 7.78. The molecule has 1 nitrogen and oxygen atoms in total. The van der Waals surface area contributed by atoms with E-state index >= 15 is 0 Å². The SMILES string of the molecule is C=C/C(=C\C=C(/C)CCCC(C)(C)CC)NS. The second-order valence-corrected chi connectivity index (χ2v) is 5.55. The van der Waals surface area contributed by atoms with E-state index in [4.69, 9.17) is 0 Å². The normalized spacial score (nSPS) is 13.7. The summed E-state index contributed by atoms with van der Waals surface area (Å²) in [5.41, 5.74) is 2.82. The predicted molar refractivity (Wildman–Crippen MR) is 82.1 cm³/mol. The lowest BCUT2D eigenvalue weighted by atomic mass is 9.84. The van der Waals surface area contributed by atoms with Gasteiger partial charge in [-0.3, -0.25) is 0 Å². The van der Waals surface area contributed by atoms with Gasteiger partial charge in [0.25, 0.3) is 0 Å². The molecule has 0 unspecified atom stereocenters. The van der Waals surface area contributed by atoms with E-state index < -0.39 is 0 Å². The minimum absolute atomic E-state index is 0.481. The first kappa shape index (κ1) is 16.4. The van der Waals surface area contributed by atoms with Crippen LogP contribution in [0.25, 0.3) is 0 Å². The van der Waals surface area contributed by atoms with Crippen molar-refractivity contribution in [3.63, 3.8) is 0 Å². The smallest absolute Gasteiger partial charge is 0.0431 e.